The minimum Gasteiger partial charge on any atom is -0.490 e. The topological polar surface area (TPSA) is 64.9 Å². The smallest absolute Gasteiger partial charge is 0.270 e. The fourth-order valence-electron chi connectivity index (χ4n) is 3.12. The molecule has 29 heavy (non-hydrogen) atoms. The summed E-state index contributed by atoms with van der Waals surface area (Å²) in [4.78, 5) is 17.1. The second kappa shape index (κ2) is 9.37. The van der Waals surface area contributed by atoms with Crippen LogP contribution in [0.3, 0.4) is 0 Å². The van der Waals surface area contributed by atoms with Crippen molar-refractivity contribution in [1.82, 2.24) is 14.7 Å². The zero-order chi connectivity index (χ0) is 21.0. The molecule has 1 aromatic carbocycles. The minimum atomic E-state index is -0.232. The van der Waals surface area contributed by atoms with Gasteiger partial charge in [0.25, 0.3) is 5.91 Å². The number of nitrogens with one attached hydrogen (secondary N) is 1. The fraction of sp³-hybridized carbons (Fsp3) is 0.333. The van der Waals surface area contributed by atoms with E-state index in [4.69, 9.17) is 32.7 Å². The molecule has 0 spiro atoms. The van der Waals surface area contributed by atoms with Crippen molar-refractivity contribution in [3.05, 3.63) is 57.5 Å². The summed E-state index contributed by atoms with van der Waals surface area (Å²) in [5.74, 6) is 1.20. The summed E-state index contributed by atoms with van der Waals surface area (Å²) in [6, 6.07) is 7.41. The molecule has 2 aromatic heterocycles. The molecular weight excluding hydrogens is 413 g/mol. The first-order valence-corrected chi connectivity index (χ1v) is 10.2. The van der Waals surface area contributed by atoms with Crippen LogP contribution < -0.4 is 14.8 Å². The molecular formula is C21H23Cl2N3O3. The summed E-state index contributed by atoms with van der Waals surface area (Å²) in [6.45, 7) is 7.22. The molecule has 3 rings (SSSR count). The first-order chi connectivity index (χ1) is 13.9. The Hall–Kier alpha value is -2.44. The molecule has 8 heteroatoms. The Labute approximate surface area is 179 Å². The van der Waals surface area contributed by atoms with E-state index in [0.29, 0.717) is 59.0 Å². The van der Waals surface area contributed by atoms with Crippen molar-refractivity contribution >= 4 is 34.8 Å². The number of aryl methyl sites for hydroxylation is 1. The number of amides is 1. The maximum Gasteiger partial charge on any atom is 0.270 e. The van der Waals surface area contributed by atoms with Crippen molar-refractivity contribution in [1.29, 1.82) is 0 Å². The van der Waals surface area contributed by atoms with E-state index in [2.05, 4.69) is 10.3 Å². The predicted octanol–water partition coefficient (Wildman–Crippen LogP) is 4.72. The van der Waals surface area contributed by atoms with Crippen LogP contribution in [-0.2, 0) is 6.42 Å². The van der Waals surface area contributed by atoms with Gasteiger partial charge < -0.3 is 14.8 Å². The number of pyridine rings is 1. The molecule has 6 nitrogen and oxygen atoms in total. The number of hydrogen-bond donors (Lipinski definition) is 1. The quantitative estimate of drug-likeness (QED) is 0.555. The number of carbonyl (C=O) groups is 1. The number of ether oxygens (including phenoxy) is 2. The lowest BCUT2D eigenvalue weighted by molar-refractivity contribution is 0.0947. The molecule has 0 radical (unpaired) electrons. The van der Waals surface area contributed by atoms with E-state index >= 15 is 0 Å². The Bertz CT molecular complexity index is 1030. The van der Waals surface area contributed by atoms with Crippen LogP contribution in [0.5, 0.6) is 11.5 Å². The van der Waals surface area contributed by atoms with E-state index in [0.717, 1.165) is 11.3 Å². The average Bonchev–Trinajstić information content (AvgIpc) is 3.00. The van der Waals surface area contributed by atoms with Crippen LogP contribution in [0.2, 0.25) is 10.0 Å². The van der Waals surface area contributed by atoms with E-state index in [-0.39, 0.29) is 5.91 Å². The Balaban J connectivity index is 1.71. The van der Waals surface area contributed by atoms with Crippen molar-refractivity contribution < 1.29 is 14.3 Å². The number of halogens is 2. The molecule has 1 amide bonds. The molecule has 2 heterocycles. The van der Waals surface area contributed by atoms with Gasteiger partial charge in [-0.2, -0.15) is 0 Å². The van der Waals surface area contributed by atoms with Crippen LogP contribution in [-0.4, -0.2) is 35.1 Å². The van der Waals surface area contributed by atoms with Crippen molar-refractivity contribution in [2.75, 3.05) is 19.8 Å². The first-order valence-electron chi connectivity index (χ1n) is 9.45. The Morgan fingerprint density at radius 3 is 2.59 bits per heavy atom. The molecule has 0 aliphatic heterocycles. The number of nitrogens with zero attached hydrogens (tertiary/aromatic N) is 2. The van der Waals surface area contributed by atoms with Crippen molar-refractivity contribution in [3.8, 4) is 11.5 Å². The molecule has 0 bridgehead atoms. The number of rotatable bonds is 8. The molecule has 3 aromatic rings. The highest BCUT2D eigenvalue weighted by atomic mass is 35.5. The van der Waals surface area contributed by atoms with Crippen LogP contribution in [0.25, 0.3) is 5.65 Å². The van der Waals surface area contributed by atoms with Gasteiger partial charge in [0.2, 0.25) is 0 Å². The van der Waals surface area contributed by atoms with Crippen LogP contribution in [0.4, 0.5) is 0 Å². The lowest BCUT2D eigenvalue weighted by atomic mass is 10.1. The Morgan fingerprint density at radius 1 is 1.14 bits per heavy atom. The second-order valence-corrected chi connectivity index (χ2v) is 7.24. The maximum absolute atomic E-state index is 12.8. The molecule has 0 aliphatic rings. The fourth-order valence-corrected chi connectivity index (χ4v) is 3.63. The highest BCUT2D eigenvalue weighted by Gasteiger charge is 2.18. The number of imidazole rings is 1. The third kappa shape index (κ3) is 4.77. The van der Waals surface area contributed by atoms with E-state index in [1.165, 1.54) is 0 Å². The van der Waals surface area contributed by atoms with Crippen molar-refractivity contribution in [3.63, 3.8) is 0 Å². The first kappa shape index (κ1) is 21.3. The van der Waals surface area contributed by atoms with Gasteiger partial charge in [-0.25, -0.2) is 4.98 Å². The zero-order valence-corrected chi connectivity index (χ0v) is 18.1. The van der Waals surface area contributed by atoms with Crippen LogP contribution in [0.15, 0.2) is 30.5 Å². The van der Waals surface area contributed by atoms with Gasteiger partial charge in [-0.3, -0.25) is 9.20 Å². The van der Waals surface area contributed by atoms with Crippen molar-refractivity contribution in [2.45, 2.75) is 27.2 Å². The van der Waals surface area contributed by atoms with Crippen LogP contribution in [0, 0.1) is 6.92 Å². The number of fused-ring (bicyclic) bond motifs is 1. The largest absolute Gasteiger partial charge is 0.490 e. The SMILES string of the molecule is CCOc1ccc(CCNC(=O)c2c(C)nc3c(Cl)cc(Cl)cn23)cc1OCC. The number of carbonyl (C=O) groups excluding carboxylic acids is 1. The lowest BCUT2D eigenvalue weighted by Crippen LogP contribution is -2.27. The Kier molecular flexibility index (Phi) is 6.87. The van der Waals surface area contributed by atoms with Gasteiger partial charge in [-0.15, -0.1) is 0 Å². The summed E-state index contributed by atoms with van der Waals surface area (Å²) in [5, 5.41) is 3.78. The average molecular weight is 436 g/mol. The van der Waals surface area contributed by atoms with Gasteiger partial charge in [0.15, 0.2) is 17.1 Å². The minimum absolute atomic E-state index is 0.232. The van der Waals surface area contributed by atoms with E-state index in [1.807, 2.05) is 32.0 Å². The molecule has 0 fully saturated rings. The number of hydrogen-bond acceptors (Lipinski definition) is 4. The highest BCUT2D eigenvalue weighted by molar-refractivity contribution is 6.36. The predicted molar refractivity (Wildman–Crippen MR) is 115 cm³/mol. The van der Waals surface area contributed by atoms with Gasteiger partial charge in [-0.05, 0) is 51.0 Å². The molecule has 154 valence electrons. The van der Waals surface area contributed by atoms with Gasteiger partial charge >= 0.3 is 0 Å². The molecule has 0 atom stereocenters. The summed E-state index contributed by atoms with van der Waals surface area (Å²) < 4.78 is 12.9. The molecule has 0 aliphatic carbocycles. The van der Waals surface area contributed by atoms with Crippen LogP contribution >= 0.6 is 23.2 Å². The third-order valence-corrected chi connectivity index (χ3v) is 4.82. The summed E-state index contributed by atoms with van der Waals surface area (Å²) in [7, 11) is 0. The third-order valence-electron chi connectivity index (χ3n) is 4.34. The summed E-state index contributed by atoms with van der Waals surface area (Å²) >= 11 is 12.3. The van der Waals surface area contributed by atoms with Gasteiger partial charge in [-0.1, -0.05) is 29.3 Å². The summed E-state index contributed by atoms with van der Waals surface area (Å²) in [5.41, 5.74) is 2.56. The van der Waals surface area contributed by atoms with E-state index < -0.39 is 0 Å². The maximum atomic E-state index is 12.8. The number of aromatic nitrogens is 2. The molecule has 1 N–H and O–H groups in total. The van der Waals surface area contributed by atoms with E-state index in [1.54, 1.807) is 23.6 Å². The molecule has 0 saturated heterocycles. The van der Waals surface area contributed by atoms with Gasteiger partial charge in [0, 0.05) is 12.7 Å². The van der Waals surface area contributed by atoms with Gasteiger partial charge in [0.05, 0.1) is 29.0 Å². The highest BCUT2D eigenvalue weighted by Crippen LogP contribution is 2.29. The van der Waals surface area contributed by atoms with Crippen molar-refractivity contribution in [2.24, 2.45) is 0 Å². The molecule has 0 saturated carbocycles. The van der Waals surface area contributed by atoms with Gasteiger partial charge in [0.1, 0.15) is 5.69 Å². The van der Waals surface area contributed by atoms with Crippen LogP contribution in [0.1, 0.15) is 35.6 Å². The van der Waals surface area contributed by atoms with E-state index in [9.17, 15) is 4.79 Å². The lowest BCUT2D eigenvalue weighted by Gasteiger charge is -2.12. The number of benzene rings is 1. The standard InChI is InChI=1S/C21H23Cl2N3O3/c1-4-28-17-7-6-14(10-18(17)29-5-2)8-9-24-21(27)19-13(3)25-20-16(23)11-15(22)12-26(19)20/h6-7,10-12H,4-5,8-9H2,1-3H3,(H,24,27). The Morgan fingerprint density at radius 2 is 1.86 bits per heavy atom. The summed E-state index contributed by atoms with van der Waals surface area (Å²) in [6.07, 6.45) is 2.29. The zero-order valence-electron chi connectivity index (χ0n) is 16.6. The normalized spacial score (nSPS) is 10.9. The second-order valence-electron chi connectivity index (χ2n) is 6.40. The monoisotopic (exact) mass is 435 g/mol. The molecule has 0 unspecified atom stereocenters.